The topological polar surface area (TPSA) is 56.2 Å². The molecule has 3 rings (SSSR count). The lowest BCUT2D eigenvalue weighted by molar-refractivity contribution is 0.194. The number of allylic oxidation sites excluding steroid dienone is 5. The highest BCUT2D eigenvalue weighted by Crippen LogP contribution is 2.36. The van der Waals surface area contributed by atoms with Crippen LogP contribution in [0.25, 0.3) is 17.5 Å². The summed E-state index contributed by atoms with van der Waals surface area (Å²) < 4.78 is 15.1. The van der Waals surface area contributed by atoms with Gasteiger partial charge in [0, 0.05) is 29.6 Å². The number of rotatable bonds is 9. The molecule has 0 radical (unpaired) electrons. The predicted octanol–water partition coefficient (Wildman–Crippen LogP) is 11.8. The Bertz CT molecular complexity index is 1060. The second kappa shape index (κ2) is 27.8. The van der Waals surface area contributed by atoms with Crippen molar-refractivity contribution < 1.29 is 4.39 Å². The van der Waals surface area contributed by atoms with Gasteiger partial charge in [0.15, 0.2) is 5.82 Å². The summed E-state index contributed by atoms with van der Waals surface area (Å²) in [5.74, 6) is 0.895. The SMILES string of the molecule is C=CC(C)C1(N)CCC1.C=CC/C=C/n1nc(-c2cccc(F)c2)cc1/N=C/C(C)=C/C.C=CCC.CC.CC.CC. The van der Waals surface area contributed by atoms with Gasteiger partial charge in [-0.05, 0) is 69.6 Å². The van der Waals surface area contributed by atoms with Crippen LogP contribution in [0.4, 0.5) is 10.2 Å². The van der Waals surface area contributed by atoms with Crippen molar-refractivity contribution in [1.82, 2.24) is 9.78 Å². The summed E-state index contributed by atoms with van der Waals surface area (Å²) in [7, 11) is 0. The van der Waals surface area contributed by atoms with Crippen LogP contribution < -0.4 is 5.73 Å². The van der Waals surface area contributed by atoms with E-state index in [4.69, 9.17) is 5.73 Å². The molecule has 2 N–H and O–H groups in total. The number of aromatic nitrogens is 2. The molecule has 1 heterocycles. The molecule has 42 heavy (non-hydrogen) atoms. The number of benzene rings is 1. The summed E-state index contributed by atoms with van der Waals surface area (Å²) >= 11 is 0. The van der Waals surface area contributed by atoms with Crippen molar-refractivity contribution in [2.24, 2.45) is 16.6 Å². The van der Waals surface area contributed by atoms with Crippen LogP contribution in [0, 0.1) is 11.7 Å². The molecule has 2 aromatic rings. The molecule has 1 unspecified atom stereocenters. The molecule has 1 atom stereocenters. The minimum Gasteiger partial charge on any atom is -0.325 e. The Balaban J connectivity index is -0.000000659. The van der Waals surface area contributed by atoms with Crippen molar-refractivity contribution in [2.75, 3.05) is 0 Å². The molecule has 0 saturated heterocycles. The average molecular weight is 581 g/mol. The number of nitrogens with zero attached hydrogens (tertiary/aromatic N) is 3. The largest absolute Gasteiger partial charge is 0.325 e. The van der Waals surface area contributed by atoms with E-state index in [0.717, 1.165) is 24.0 Å². The fraction of sp³-hybridized carbons (Fsp3) is 0.459. The Kier molecular flexibility index (Phi) is 28.6. The van der Waals surface area contributed by atoms with Crippen LogP contribution in [-0.4, -0.2) is 21.5 Å². The van der Waals surface area contributed by atoms with Crippen molar-refractivity contribution in [3.8, 4) is 11.3 Å². The summed E-state index contributed by atoms with van der Waals surface area (Å²) in [6, 6.07) is 8.22. The molecule has 4 nitrogen and oxygen atoms in total. The molecule has 0 spiro atoms. The third kappa shape index (κ3) is 17.5. The fourth-order valence-electron chi connectivity index (χ4n) is 3.15. The zero-order valence-corrected chi connectivity index (χ0v) is 28.5. The van der Waals surface area contributed by atoms with E-state index in [0.29, 0.717) is 17.4 Å². The van der Waals surface area contributed by atoms with Crippen LogP contribution in [-0.2, 0) is 0 Å². The highest BCUT2D eigenvalue weighted by Gasteiger charge is 2.36. The Hall–Kier alpha value is -3.31. The summed E-state index contributed by atoms with van der Waals surface area (Å²) in [6.45, 7) is 31.0. The molecule has 1 saturated carbocycles. The number of aliphatic imine (C=N–C) groups is 1. The summed E-state index contributed by atoms with van der Waals surface area (Å²) in [5.41, 5.74) is 8.56. The van der Waals surface area contributed by atoms with Crippen LogP contribution in [0.3, 0.4) is 0 Å². The molecule has 0 bridgehead atoms. The number of nitrogens with two attached hydrogens (primary N) is 1. The first-order chi connectivity index (χ1) is 20.2. The van der Waals surface area contributed by atoms with E-state index in [1.807, 2.05) is 98.0 Å². The van der Waals surface area contributed by atoms with Crippen LogP contribution in [0.1, 0.15) is 101 Å². The van der Waals surface area contributed by atoms with Crippen molar-refractivity contribution in [3.63, 3.8) is 0 Å². The van der Waals surface area contributed by atoms with E-state index in [1.54, 1.807) is 23.0 Å². The van der Waals surface area contributed by atoms with Crippen molar-refractivity contribution in [2.45, 2.75) is 107 Å². The third-order valence-corrected chi connectivity index (χ3v) is 6.08. The number of hydrogen-bond acceptors (Lipinski definition) is 3. The summed E-state index contributed by atoms with van der Waals surface area (Å²) in [4.78, 5) is 4.46. The molecule has 1 fully saturated rings. The first kappa shape index (κ1) is 43.1. The van der Waals surface area contributed by atoms with E-state index in [-0.39, 0.29) is 11.4 Å². The van der Waals surface area contributed by atoms with E-state index in [2.05, 4.69) is 43.7 Å². The Morgan fingerprint density at radius 1 is 1.10 bits per heavy atom. The lowest BCUT2D eigenvalue weighted by atomic mass is 9.70. The second-order valence-corrected chi connectivity index (χ2v) is 8.85. The molecule has 1 aromatic carbocycles. The van der Waals surface area contributed by atoms with E-state index >= 15 is 0 Å². The zero-order chi connectivity index (χ0) is 33.0. The zero-order valence-electron chi connectivity index (χ0n) is 28.5. The molecular formula is C37H61FN4. The monoisotopic (exact) mass is 580 g/mol. The van der Waals surface area contributed by atoms with Gasteiger partial charge in [-0.1, -0.05) is 97.9 Å². The minimum atomic E-state index is -0.283. The highest BCUT2D eigenvalue weighted by atomic mass is 19.1. The van der Waals surface area contributed by atoms with Gasteiger partial charge in [-0.2, -0.15) is 5.10 Å². The summed E-state index contributed by atoms with van der Waals surface area (Å²) in [5, 5.41) is 4.49. The normalized spacial score (nSPS) is 13.5. The second-order valence-electron chi connectivity index (χ2n) is 8.85. The van der Waals surface area contributed by atoms with Crippen molar-refractivity contribution >= 4 is 18.2 Å². The van der Waals surface area contributed by atoms with Gasteiger partial charge in [-0.15, -0.1) is 19.7 Å². The first-order valence-corrected chi connectivity index (χ1v) is 15.6. The summed E-state index contributed by atoms with van der Waals surface area (Å²) in [6.07, 6.45) is 18.7. The molecular weight excluding hydrogens is 519 g/mol. The lowest BCUT2D eigenvalue weighted by Crippen LogP contribution is -2.51. The van der Waals surface area contributed by atoms with E-state index < -0.39 is 0 Å². The maximum atomic E-state index is 13.4. The molecule has 236 valence electrons. The van der Waals surface area contributed by atoms with Gasteiger partial charge >= 0.3 is 0 Å². The Morgan fingerprint density at radius 3 is 2.10 bits per heavy atom. The van der Waals surface area contributed by atoms with Crippen molar-refractivity contribution in [1.29, 1.82) is 0 Å². The predicted molar refractivity (Wildman–Crippen MR) is 190 cm³/mol. The van der Waals surface area contributed by atoms with Gasteiger partial charge in [0.05, 0.1) is 5.69 Å². The Morgan fingerprint density at radius 2 is 1.69 bits per heavy atom. The van der Waals surface area contributed by atoms with Gasteiger partial charge < -0.3 is 5.73 Å². The number of halogens is 1. The maximum Gasteiger partial charge on any atom is 0.155 e. The van der Waals surface area contributed by atoms with Crippen LogP contribution in [0.2, 0.25) is 0 Å². The van der Waals surface area contributed by atoms with Gasteiger partial charge in [0.1, 0.15) is 5.82 Å². The van der Waals surface area contributed by atoms with Crippen LogP contribution in [0.15, 0.2) is 91.0 Å². The maximum absolute atomic E-state index is 13.4. The quantitative estimate of drug-likeness (QED) is 0.237. The average Bonchev–Trinajstić information content (AvgIpc) is 3.44. The fourth-order valence-corrected chi connectivity index (χ4v) is 3.15. The number of hydrogen-bond donors (Lipinski definition) is 1. The van der Waals surface area contributed by atoms with Gasteiger partial charge in [-0.25, -0.2) is 14.1 Å². The lowest BCUT2D eigenvalue weighted by Gasteiger charge is -2.42. The molecule has 0 amide bonds. The van der Waals surface area contributed by atoms with Crippen LogP contribution >= 0.6 is 0 Å². The first-order valence-electron chi connectivity index (χ1n) is 15.6. The van der Waals surface area contributed by atoms with Crippen molar-refractivity contribution in [3.05, 3.63) is 91.8 Å². The molecule has 1 aromatic heterocycles. The van der Waals surface area contributed by atoms with Gasteiger partial charge in [-0.3, -0.25) is 0 Å². The smallest absolute Gasteiger partial charge is 0.155 e. The standard InChI is InChI=1S/C19H20FN3.C8H15N.C4H8.3C2H6/c1-4-6-7-11-23-19(21-14-15(3)5-2)13-18(22-23)16-9-8-10-17(20)12-16;1-3-7(2)8(9)5-4-6-8;1-3-4-2;3*1-2/h4-5,7-14H,1,6H2,2-3H3;3,7H,1,4-6,9H2,2H3;3H,1,4H2,2H3;3*1-2H3/b11-7+,15-5+,21-14+;;;;;. The molecule has 5 heteroatoms. The van der Waals surface area contributed by atoms with Gasteiger partial charge in [0.2, 0.25) is 0 Å². The third-order valence-electron chi connectivity index (χ3n) is 6.08. The van der Waals surface area contributed by atoms with E-state index in [9.17, 15) is 4.39 Å². The molecule has 0 aliphatic heterocycles. The van der Waals surface area contributed by atoms with Crippen LogP contribution in [0.5, 0.6) is 0 Å². The van der Waals surface area contributed by atoms with E-state index in [1.165, 1.54) is 31.4 Å². The minimum absolute atomic E-state index is 0.113. The molecule has 1 aliphatic carbocycles. The highest BCUT2D eigenvalue weighted by molar-refractivity contribution is 5.80. The Labute approximate surface area is 258 Å². The molecule has 1 aliphatic rings. The van der Waals surface area contributed by atoms with Gasteiger partial charge in [0.25, 0.3) is 0 Å².